The molecule has 2 aromatic carbocycles. The van der Waals surface area contributed by atoms with Crippen LogP contribution in [0.15, 0.2) is 41.3 Å². The third-order valence-corrected chi connectivity index (χ3v) is 6.38. The van der Waals surface area contributed by atoms with Gasteiger partial charge in [-0.2, -0.15) is 30.0 Å². The van der Waals surface area contributed by atoms with Crippen molar-refractivity contribution in [3.05, 3.63) is 47.0 Å². The molecule has 1 atom stereocenters. The molecule has 170 valence electrons. The molecule has 0 fully saturated rings. The van der Waals surface area contributed by atoms with Crippen LogP contribution in [-0.4, -0.2) is 41.7 Å². The quantitative estimate of drug-likeness (QED) is 0.437. The number of ether oxygens (including phenoxy) is 2. The number of halogens is 4. The SMILES string of the molecule is Cc1ccc(S(=O)(=O)OC[C@H]2COc3cc(Cl)cc(OS(=O)(=O)C(F)(F)F)c3O2)cc1. The third kappa shape index (κ3) is 5.34. The predicted molar refractivity (Wildman–Crippen MR) is 101 cm³/mol. The van der Waals surface area contributed by atoms with Crippen LogP contribution in [0.25, 0.3) is 0 Å². The molecule has 31 heavy (non-hydrogen) atoms. The summed E-state index contributed by atoms with van der Waals surface area (Å²) in [5, 5.41) is -0.175. The predicted octanol–water partition coefficient (Wildman–Crippen LogP) is 3.42. The van der Waals surface area contributed by atoms with Crippen LogP contribution in [0.4, 0.5) is 13.2 Å². The molecule has 2 aromatic rings. The fourth-order valence-electron chi connectivity index (χ4n) is 2.40. The molecule has 0 spiro atoms. The van der Waals surface area contributed by atoms with E-state index >= 15 is 0 Å². The standard InChI is InChI=1S/C17H14ClF3O8S2/c1-10-2-4-13(5-3-10)30(22,23)27-9-12-8-26-14-6-11(18)7-15(16(14)28-12)29-31(24,25)17(19,20)21/h2-7,12H,8-9H2,1H3/t12-/m1/s1. The molecule has 8 nitrogen and oxygen atoms in total. The number of hydrogen-bond acceptors (Lipinski definition) is 8. The minimum Gasteiger partial charge on any atom is -0.486 e. The van der Waals surface area contributed by atoms with E-state index in [4.69, 9.17) is 25.3 Å². The smallest absolute Gasteiger partial charge is 0.486 e. The highest BCUT2D eigenvalue weighted by Crippen LogP contribution is 2.44. The highest BCUT2D eigenvalue weighted by Gasteiger charge is 2.49. The van der Waals surface area contributed by atoms with Gasteiger partial charge in [0.2, 0.25) is 5.75 Å². The van der Waals surface area contributed by atoms with Crippen LogP contribution in [-0.2, 0) is 24.4 Å². The van der Waals surface area contributed by atoms with Crippen LogP contribution in [0.3, 0.4) is 0 Å². The number of rotatable bonds is 6. The molecule has 0 aliphatic carbocycles. The Kier molecular flexibility index (Phi) is 6.33. The molecule has 0 bridgehead atoms. The van der Waals surface area contributed by atoms with Crippen molar-refractivity contribution < 1.29 is 47.8 Å². The Bertz CT molecular complexity index is 1180. The Labute approximate surface area is 180 Å². The third-order valence-electron chi connectivity index (χ3n) is 3.90. The lowest BCUT2D eigenvalue weighted by atomic mass is 10.2. The summed E-state index contributed by atoms with van der Waals surface area (Å²) in [6, 6.07) is 7.79. The van der Waals surface area contributed by atoms with Crippen LogP contribution in [0.5, 0.6) is 17.2 Å². The maximum absolute atomic E-state index is 12.7. The number of benzene rings is 2. The molecule has 0 N–H and O–H groups in total. The first kappa shape index (κ1) is 23.4. The van der Waals surface area contributed by atoms with Crippen molar-refractivity contribution in [2.75, 3.05) is 13.2 Å². The molecular weight excluding hydrogens is 489 g/mol. The fraction of sp³-hybridized carbons (Fsp3) is 0.294. The molecule has 14 heteroatoms. The summed E-state index contributed by atoms with van der Waals surface area (Å²) in [5.74, 6) is -1.55. The summed E-state index contributed by atoms with van der Waals surface area (Å²) in [5.41, 5.74) is -4.86. The highest BCUT2D eigenvalue weighted by molar-refractivity contribution is 7.88. The second kappa shape index (κ2) is 8.37. The fourth-order valence-corrected chi connectivity index (χ4v) is 3.99. The van der Waals surface area contributed by atoms with Crippen molar-refractivity contribution in [2.24, 2.45) is 0 Å². The Morgan fingerprint density at radius 2 is 1.77 bits per heavy atom. The van der Waals surface area contributed by atoms with Gasteiger partial charge >= 0.3 is 15.6 Å². The molecule has 0 saturated heterocycles. The van der Waals surface area contributed by atoms with Crippen LogP contribution in [0.1, 0.15) is 5.56 Å². The first-order chi connectivity index (χ1) is 14.3. The largest absolute Gasteiger partial charge is 0.534 e. The summed E-state index contributed by atoms with van der Waals surface area (Å²) >= 11 is 5.77. The van der Waals surface area contributed by atoms with E-state index < -0.39 is 50.0 Å². The van der Waals surface area contributed by atoms with Crippen molar-refractivity contribution in [1.82, 2.24) is 0 Å². The van der Waals surface area contributed by atoms with Crippen LogP contribution >= 0.6 is 11.6 Å². The summed E-state index contributed by atoms with van der Waals surface area (Å²) in [6.45, 7) is 0.957. The lowest BCUT2D eigenvalue weighted by molar-refractivity contribution is -0.0501. The molecule has 1 aliphatic heterocycles. The van der Waals surface area contributed by atoms with Crippen molar-refractivity contribution in [3.63, 3.8) is 0 Å². The monoisotopic (exact) mass is 502 g/mol. The summed E-state index contributed by atoms with van der Waals surface area (Å²) in [6.07, 6.45) is -1.11. The van der Waals surface area contributed by atoms with E-state index in [0.717, 1.165) is 11.6 Å². The van der Waals surface area contributed by atoms with Crippen molar-refractivity contribution in [3.8, 4) is 17.2 Å². The van der Waals surface area contributed by atoms with E-state index in [2.05, 4.69) is 4.18 Å². The van der Waals surface area contributed by atoms with Gasteiger partial charge in [-0.15, -0.1) is 0 Å². The van der Waals surface area contributed by atoms with Crippen molar-refractivity contribution in [2.45, 2.75) is 23.4 Å². The van der Waals surface area contributed by atoms with Gasteiger partial charge in [0.05, 0.1) is 4.90 Å². The summed E-state index contributed by atoms with van der Waals surface area (Å²) in [4.78, 5) is -0.109. The summed E-state index contributed by atoms with van der Waals surface area (Å²) in [7, 11) is -10.2. The molecule has 1 heterocycles. The van der Waals surface area contributed by atoms with E-state index in [-0.39, 0.29) is 22.3 Å². The van der Waals surface area contributed by atoms with Gasteiger partial charge in [0.15, 0.2) is 17.6 Å². The van der Waals surface area contributed by atoms with Gasteiger partial charge in [0.1, 0.15) is 13.2 Å². The van der Waals surface area contributed by atoms with E-state index in [1.165, 1.54) is 18.2 Å². The highest BCUT2D eigenvalue weighted by atomic mass is 35.5. The van der Waals surface area contributed by atoms with E-state index in [9.17, 15) is 30.0 Å². The molecule has 0 aromatic heterocycles. The minimum absolute atomic E-state index is 0.109. The molecule has 0 radical (unpaired) electrons. The number of fused-ring (bicyclic) bond motifs is 1. The average Bonchev–Trinajstić information content (AvgIpc) is 2.65. The average molecular weight is 503 g/mol. The van der Waals surface area contributed by atoms with Gasteiger partial charge in [-0.25, -0.2) is 0 Å². The van der Waals surface area contributed by atoms with Gasteiger partial charge in [-0.1, -0.05) is 29.3 Å². The molecule has 0 saturated carbocycles. The normalized spacial score (nSPS) is 16.7. The van der Waals surface area contributed by atoms with Crippen LogP contribution in [0.2, 0.25) is 5.02 Å². The number of alkyl halides is 3. The van der Waals surface area contributed by atoms with Gasteiger partial charge in [-0.05, 0) is 19.1 Å². The van der Waals surface area contributed by atoms with Crippen molar-refractivity contribution >= 4 is 31.8 Å². The maximum Gasteiger partial charge on any atom is 0.534 e. The lowest BCUT2D eigenvalue weighted by Crippen LogP contribution is -2.35. The first-order valence-corrected chi connectivity index (χ1v) is 11.6. The van der Waals surface area contributed by atoms with Crippen LogP contribution in [0, 0.1) is 6.92 Å². The summed E-state index contributed by atoms with van der Waals surface area (Å²) < 4.78 is 105. The zero-order valence-electron chi connectivity index (χ0n) is 15.6. The number of hydrogen-bond donors (Lipinski definition) is 0. The van der Waals surface area contributed by atoms with Gasteiger partial charge in [-0.3, -0.25) is 4.18 Å². The van der Waals surface area contributed by atoms with Gasteiger partial charge in [0.25, 0.3) is 10.1 Å². The second-order valence-corrected chi connectivity index (χ2v) is 9.91. The Morgan fingerprint density at radius 1 is 1.13 bits per heavy atom. The number of aryl methyl sites for hydroxylation is 1. The zero-order valence-corrected chi connectivity index (χ0v) is 17.9. The Balaban J connectivity index is 1.79. The van der Waals surface area contributed by atoms with E-state index in [0.29, 0.717) is 0 Å². The second-order valence-electron chi connectivity index (χ2n) is 6.32. The Morgan fingerprint density at radius 3 is 2.39 bits per heavy atom. The topological polar surface area (TPSA) is 105 Å². The van der Waals surface area contributed by atoms with Crippen LogP contribution < -0.4 is 13.7 Å². The van der Waals surface area contributed by atoms with E-state index in [1.807, 2.05) is 0 Å². The molecule has 0 amide bonds. The van der Waals surface area contributed by atoms with E-state index in [1.54, 1.807) is 19.1 Å². The maximum atomic E-state index is 12.7. The first-order valence-electron chi connectivity index (χ1n) is 8.38. The Hall–Kier alpha value is -2.22. The molecule has 1 aliphatic rings. The molecule has 3 rings (SSSR count). The van der Waals surface area contributed by atoms with Crippen molar-refractivity contribution in [1.29, 1.82) is 0 Å². The molecule has 0 unspecified atom stereocenters. The lowest BCUT2D eigenvalue weighted by Gasteiger charge is -2.27. The molecular formula is C17H14ClF3O8S2. The van der Waals surface area contributed by atoms with Gasteiger partial charge in [0, 0.05) is 17.2 Å². The minimum atomic E-state index is -6.01. The zero-order chi connectivity index (χ0) is 23.0. The van der Waals surface area contributed by atoms with Gasteiger partial charge < -0.3 is 13.7 Å².